The maximum atomic E-state index is 13.0. The van der Waals surface area contributed by atoms with Gasteiger partial charge < -0.3 is 5.32 Å². The molecule has 1 aromatic rings. The largest absolute Gasteiger partial charge is 0.315 e. The zero-order valence-corrected chi connectivity index (χ0v) is 10.8. The van der Waals surface area contributed by atoms with Gasteiger partial charge in [0.1, 0.15) is 0 Å². The van der Waals surface area contributed by atoms with Crippen LogP contribution in [0.2, 0.25) is 0 Å². The number of nitrogens with one attached hydrogen (secondary N) is 1. The van der Waals surface area contributed by atoms with E-state index in [4.69, 9.17) is 0 Å². The number of benzene rings is 1. The minimum atomic E-state index is -0.775. The summed E-state index contributed by atoms with van der Waals surface area (Å²) in [6.45, 7) is 7.31. The first kappa shape index (κ1) is 14.1. The van der Waals surface area contributed by atoms with Crippen LogP contribution in [0.3, 0.4) is 0 Å². The molecule has 0 aliphatic rings. The molecule has 0 aromatic heterocycles. The minimum absolute atomic E-state index is 0.464. The fraction of sp³-hybridized carbons (Fsp3) is 0.571. The Hall–Kier alpha value is -0.960. The Balaban J connectivity index is 2.39. The van der Waals surface area contributed by atoms with Crippen molar-refractivity contribution in [2.45, 2.75) is 39.7 Å². The van der Waals surface area contributed by atoms with Crippen LogP contribution in [0.5, 0.6) is 0 Å². The van der Waals surface area contributed by atoms with Gasteiger partial charge in [-0.05, 0) is 43.0 Å². The molecule has 17 heavy (non-hydrogen) atoms. The molecule has 1 N–H and O–H groups in total. The van der Waals surface area contributed by atoms with E-state index < -0.39 is 11.6 Å². The van der Waals surface area contributed by atoms with Crippen LogP contribution in [-0.4, -0.2) is 12.6 Å². The summed E-state index contributed by atoms with van der Waals surface area (Å²) in [5, 5.41) is 3.35. The van der Waals surface area contributed by atoms with Crippen LogP contribution in [0.1, 0.15) is 32.8 Å². The van der Waals surface area contributed by atoms with Crippen molar-refractivity contribution in [3.63, 3.8) is 0 Å². The summed E-state index contributed by atoms with van der Waals surface area (Å²) < 4.78 is 25.7. The second kappa shape index (κ2) is 6.70. The molecule has 0 bridgehead atoms. The molecule has 0 saturated heterocycles. The molecule has 1 aromatic carbocycles. The first-order valence-corrected chi connectivity index (χ1v) is 6.16. The topological polar surface area (TPSA) is 12.0 Å². The van der Waals surface area contributed by atoms with E-state index in [-0.39, 0.29) is 0 Å². The maximum Gasteiger partial charge on any atom is 0.159 e. The third kappa shape index (κ3) is 5.26. The molecular formula is C14H21F2N. The van der Waals surface area contributed by atoms with E-state index in [0.29, 0.717) is 12.0 Å². The monoisotopic (exact) mass is 241 g/mol. The molecule has 0 spiro atoms. The predicted octanol–water partition coefficient (Wildman–Crippen LogP) is 3.53. The second-order valence-electron chi connectivity index (χ2n) is 4.96. The maximum absolute atomic E-state index is 13.0. The van der Waals surface area contributed by atoms with Gasteiger partial charge >= 0.3 is 0 Å². The van der Waals surface area contributed by atoms with Crippen molar-refractivity contribution < 1.29 is 8.78 Å². The van der Waals surface area contributed by atoms with E-state index in [1.54, 1.807) is 6.07 Å². The van der Waals surface area contributed by atoms with E-state index in [1.807, 2.05) is 0 Å². The highest BCUT2D eigenvalue weighted by Gasteiger charge is 2.07. The van der Waals surface area contributed by atoms with Crippen LogP contribution < -0.4 is 5.32 Å². The standard InChI is InChI=1S/C14H21F2N/c1-10(2)17-7-6-11(3)8-12-4-5-13(15)14(16)9-12/h4-5,9-11,17H,6-8H2,1-3H3. The zero-order chi connectivity index (χ0) is 12.8. The zero-order valence-electron chi connectivity index (χ0n) is 10.8. The van der Waals surface area contributed by atoms with Crippen molar-refractivity contribution in [1.82, 2.24) is 5.32 Å². The number of hydrogen-bond donors (Lipinski definition) is 1. The van der Waals surface area contributed by atoms with Gasteiger partial charge in [-0.3, -0.25) is 0 Å². The first-order chi connectivity index (χ1) is 7.99. The Morgan fingerprint density at radius 3 is 2.41 bits per heavy atom. The van der Waals surface area contributed by atoms with Gasteiger partial charge in [0.2, 0.25) is 0 Å². The Bertz CT molecular complexity index is 350. The first-order valence-electron chi connectivity index (χ1n) is 6.16. The van der Waals surface area contributed by atoms with Gasteiger partial charge in [0, 0.05) is 6.04 Å². The molecule has 0 heterocycles. The lowest BCUT2D eigenvalue weighted by atomic mass is 9.98. The molecule has 0 aliphatic heterocycles. The third-order valence-corrected chi connectivity index (χ3v) is 2.76. The van der Waals surface area contributed by atoms with E-state index in [1.165, 1.54) is 12.1 Å². The lowest BCUT2D eigenvalue weighted by molar-refractivity contribution is 0.471. The van der Waals surface area contributed by atoms with Crippen LogP contribution in [0.15, 0.2) is 18.2 Å². The van der Waals surface area contributed by atoms with Gasteiger partial charge in [-0.1, -0.05) is 26.8 Å². The van der Waals surface area contributed by atoms with Gasteiger partial charge in [0.15, 0.2) is 11.6 Å². The normalized spacial score (nSPS) is 13.1. The molecule has 3 heteroatoms. The lowest BCUT2D eigenvalue weighted by Gasteiger charge is -2.13. The minimum Gasteiger partial charge on any atom is -0.315 e. The smallest absolute Gasteiger partial charge is 0.159 e. The van der Waals surface area contributed by atoms with Crippen LogP contribution >= 0.6 is 0 Å². The van der Waals surface area contributed by atoms with Gasteiger partial charge in [0.25, 0.3) is 0 Å². The summed E-state index contributed by atoms with van der Waals surface area (Å²) in [7, 11) is 0. The summed E-state index contributed by atoms with van der Waals surface area (Å²) in [6, 6.07) is 4.64. The molecule has 0 saturated carbocycles. The van der Waals surface area contributed by atoms with E-state index in [0.717, 1.165) is 24.9 Å². The third-order valence-electron chi connectivity index (χ3n) is 2.76. The van der Waals surface area contributed by atoms with Gasteiger partial charge in [-0.25, -0.2) is 8.78 Å². The van der Waals surface area contributed by atoms with E-state index in [9.17, 15) is 8.78 Å². The number of hydrogen-bond acceptors (Lipinski definition) is 1. The lowest BCUT2D eigenvalue weighted by Crippen LogP contribution is -2.25. The van der Waals surface area contributed by atoms with Gasteiger partial charge in [-0.2, -0.15) is 0 Å². The summed E-state index contributed by atoms with van der Waals surface area (Å²) in [5.74, 6) is -1.07. The van der Waals surface area contributed by atoms with Crippen molar-refractivity contribution >= 4 is 0 Å². The summed E-state index contributed by atoms with van der Waals surface area (Å²) in [6.07, 6.45) is 1.83. The second-order valence-corrected chi connectivity index (χ2v) is 4.96. The van der Waals surface area contributed by atoms with Gasteiger partial charge in [-0.15, -0.1) is 0 Å². The summed E-state index contributed by atoms with van der Waals surface area (Å²) in [4.78, 5) is 0. The molecule has 0 aliphatic carbocycles. The van der Waals surface area contributed by atoms with Crippen molar-refractivity contribution in [3.8, 4) is 0 Å². The number of rotatable bonds is 6. The highest BCUT2D eigenvalue weighted by Crippen LogP contribution is 2.14. The highest BCUT2D eigenvalue weighted by molar-refractivity contribution is 5.18. The predicted molar refractivity (Wildman–Crippen MR) is 67.0 cm³/mol. The summed E-state index contributed by atoms with van der Waals surface area (Å²) >= 11 is 0. The Morgan fingerprint density at radius 2 is 1.82 bits per heavy atom. The fourth-order valence-corrected chi connectivity index (χ4v) is 1.79. The molecule has 1 nitrogen and oxygen atoms in total. The van der Waals surface area contributed by atoms with Crippen molar-refractivity contribution in [3.05, 3.63) is 35.4 Å². The van der Waals surface area contributed by atoms with Crippen molar-refractivity contribution in [1.29, 1.82) is 0 Å². The van der Waals surface area contributed by atoms with E-state index >= 15 is 0 Å². The molecule has 0 fully saturated rings. The molecule has 0 radical (unpaired) electrons. The fourth-order valence-electron chi connectivity index (χ4n) is 1.79. The molecule has 96 valence electrons. The average Bonchev–Trinajstić information content (AvgIpc) is 2.23. The molecule has 1 rings (SSSR count). The van der Waals surface area contributed by atoms with Crippen LogP contribution in [-0.2, 0) is 6.42 Å². The van der Waals surface area contributed by atoms with Crippen LogP contribution in [0, 0.1) is 17.6 Å². The van der Waals surface area contributed by atoms with Gasteiger partial charge in [0.05, 0.1) is 0 Å². The SMILES string of the molecule is CC(CCNC(C)C)Cc1ccc(F)c(F)c1. The highest BCUT2D eigenvalue weighted by atomic mass is 19.2. The Morgan fingerprint density at radius 1 is 1.12 bits per heavy atom. The van der Waals surface area contributed by atoms with Crippen molar-refractivity contribution in [2.24, 2.45) is 5.92 Å². The Kier molecular flexibility index (Phi) is 5.56. The molecule has 0 amide bonds. The summed E-state index contributed by atoms with van der Waals surface area (Å²) in [5.41, 5.74) is 0.862. The van der Waals surface area contributed by atoms with E-state index in [2.05, 4.69) is 26.1 Å². The quantitative estimate of drug-likeness (QED) is 0.803. The molecular weight excluding hydrogens is 220 g/mol. The van der Waals surface area contributed by atoms with Crippen molar-refractivity contribution in [2.75, 3.05) is 6.54 Å². The average molecular weight is 241 g/mol. The Labute approximate surface area is 102 Å². The molecule has 1 atom stereocenters. The molecule has 1 unspecified atom stereocenters. The van der Waals surface area contributed by atoms with Crippen LogP contribution in [0.25, 0.3) is 0 Å². The van der Waals surface area contributed by atoms with Crippen LogP contribution in [0.4, 0.5) is 8.78 Å². The number of halogens is 2.